The Bertz CT molecular complexity index is 576. The van der Waals surface area contributed by atoms with Crippen LogP contribution in [0.4, 0.5) is 8.78 Å². The van der Waals surface area contributed by atoms with Crippen LogP contribution in [0.3, 0.4) is 0 Å². The zero-order chi connectivity index (χ0) is 13.8. The van der Waals surface area contributed by atoms with Gasteiger partial charge < -0.3 is 14.8 Å². The minimum absolute atomic E-state index is 0.0891. The molecule has 2 aromatic carbocycles. The quantitative estimate of drug-likeness (QED) is 0.816. The zero-order valence-corrected chi connectivity index (χ0v) is 9.88. The first-order chi connectivity index (χ1) is 9.09. The second kappa shape index (κ2) is 5.82. The molecule has 0 aromatic heterocycles. The molecule has 0 bridgehead atoms. The molecule has 2 rings (SSSR count). The normalized spacial score (nSPS) is 10.3. The minimum atomic E-state index is -1.64. The van der Waals surface area contributed by atoms with Gasteiger partial charge in [-0.1, -0.05) is 30.3 Å². The predicted molar refractivity (Wildman–Crippen MR) is 67.0 cm³/mol. The lowest BCUT2D eigenvalue weighted by Crippen LogP contribution is -2.33. The maximum Gasteiger partial charge on any atom is 0.488 e. The van der Waals surface area contributed by atoms with Crippen molar-refractivity contribution in [3.8, 4) is 5.75 Å². The number of benzene rings is 2. The van der Waals surface area contributed by atoms with Crippen LogP contribution in [0.5, 0.6) is 5.75 Å². The molecule has 0 atom stereocenters. The van der Waals surface area contributed by atoms with Gasteiger partial charge in [0.05, 0.1) is 0 Å². The molecule has 0 saturated heterocycles. The highest BCUT2D eigenvalue weighted by Crippen LogP contribution is 2.20. The van der Waals surface area contributed by atoms with E-state index in [0.717, 1.165) is 6.07 Å². The van der Waals surface area contributed by atoms with E-state index in [1.54, 1.807) is 18.2 Å². The lowest BCUT2D eigenvalue weighted by Gasteiger charge is -2.11. The summed E-state index contributed by atoms with van der Waals surface area (Å²) in [7, 11) is -1.64. The van der Waals surface area contributed by atoms with Gasteiger partial charge in [-0.15, -0.1) is 0 Å². The molecule has 0 aliphatic carbocycles. The zero-order valence-electron chi connectivity index (χ0n) is 9.88. The molecule has 0 fully saturated rings. The molecular formula is C13H11BF2O3. The van der Waals surface area contributed by atoms with Crippen LogP contribution in [0.1, 0.15) is 5.56 Å². The number of ether oxygens (including phenoxy) is 1. The summed E-state index contributed by atoms with van der Waals surface area (Å²) in [6, 6.07) is 10.1. The first-order valence-corrected chi connectivity index (χ1v) is 5.60. The van der Waals surface area contributed by atoms with Crippen molar-refractivity contribution in [1.29, 1.82) is 0 Å². The highest BCUT2D eigenvalue weighted by atomic mass is 19.2. The lowest BCUT2D eigenvalue weighted by atomic mass is 9.77. The summed E-state index contributed by atoms with van der Waals surface area (Å²) in [6.07, 6.45) is 0. The lowest BCUT2D eigenvalue weighted by molar-refractivity contribution is 0.285. The van der Waals surface area contributed by atoms with Gasteiger partial charge in [-0.2, -0.15) is 4.39 Å². The van der Waals surface area contributed by atoms with Crippen molar-refractivity contribution >= 4 is 12.6 Å². The fourth-order valence-electron chi connectivity index (χ4n) is 1.67. The highest BCUT2D eigenvalue weighted by Gasteiger charge is 2.16. The molecule has 3 nitrogen and oxygen atoms in total. The molecule has 0 amide bonds. The number of rotatable bonds is 4. The van der Waals surface area contributed by atoms with E-state index in [1.807, 2.05) is 0 Å². The minimum Gasteiger partial charge on any atom is -0.486 e. The van der Waals surface area contributed by atoms with Gasteiger partial charge >= 0.3 is 7.12 Å². The molecule has 0 saturated carbocycles. The first kappa shape index (κ1) is 13.5. The smallest absolute Gasteiger partial charge is 0.486 e. The summed E-state index contributed by atoms with van der Waals surface area (Å²) >= 11 is 0. The molecule has 0 spiro atoms. The van der Waals surface area contributed by atoms with E-state index in [1.165, 1.54) is 18.2 Å². The van der Waals surface area contributed by atoms with Crippen molar-refractivity contribution in [3.05, 3.63) is 59.7 Å². The van der Waals surface area contributed by atoms with Crippen LogP contribution in [-0.4, -0.2) is 17.2 Å². The number of hydrogen-bond acceptors (Lipinski definition) is 3. The summed E-state index contributed by atoms with van der Waals surface area (Å²) in [6.45, 7) is -0.0891. The average molecular weight is 264 g/mol. The summed E-state index contributed by atoms with van der Waals surface area (Å²) < 4.78 is 31.5. The van der Waals surface area contributed by atoms with Crippen LogP contribution in [-0.2, 0) is 6.61 Å². The van der Waals surface area contributed by atoms with Gasteiger partial charge in [0.2, 0.25) is 5.82 Å². The predicted octanol–water partition coefficient (Wildman–Crippen LogP) is 1.22. The molecule has 19 heavy (non-hydrogen) atoms. The Morgan fingerprint density at radius 2 is 1.74 bits per heavy atom. The summed E-state index contributed by atoms with van der Waals surface area (Å²) in [4.78, 5) is 0. The molecule has 0 aliphatic heterocycles. The largest absolute Gasteiger partial charge is 0.488 e. The van der Waals surface area contributed by atoms with Gasteiger partial charge in [-0.3, -0.25) is 0 Å². The standard InChI is InChI=1S/C13H11BF2O3/c15-11-6-3-7-12(13(11)16)19-8-9-4-1-2-5-10(9)14(17)18/h1-7,17-18H,8H2. The topological polar surface area (TPSA) is 49.7 Å². The van der Waals surface area contributed by atoms with Gasteiger partial charge in [0.25, 0.3) is 0 Å². The van der Waals surface area contributed by atoms with Crippen LogP contribution in [0, 0.1) is 11.6 Å². The Morgan fingerprint density at radius 3 is 2.47 bits per heavy atom. The third-order valence-corrected chi connectivity index (χ3v) is 2.63. The maximum absolute atomic E-state index is 13.4. The Balaban J connectivity index is 2.17. The fourth-order valence-corrected chi connectivity index (χ4v) is 1.67. The van der Waals surface area contributed by atoms with E-state index in [-0.39, 0.29) is 17.8 Å². The second-order valence-corrected chi connectivity index (χ2v) is 3.91. The van der Waals surface area contributed by atoms with Crippen LogP contribution >= 0.6 is 0 Å². The SMILES string of the molecule is OB(O)c1ccccc1COc1cccc(F)c1F. The first-order valence-electron chi connectivity index (χ1n) is 5.60. The number of halogens is 2. The van der Waals surface area contributed by atoms with Crippen molar-refractivity contribution in [3.63, 3.8) is 0 Å². The van der Waals surface area contributed by atoms with Gasteiger partial charge in [-0.25, -0.2) is 4.39 Å². The molecule has 98 valence electrons. The molecule has 2 aromatic rings. The van der Waals surface area contributed by atoms with Crippen LogP contribution < -0.4 is 10.2 Å². The molecule has 0 heterocycles. The second-order valence-electron chi connectivity index (χ2n) is 3.91. The third kappa shape index (κ3) is 3.10. The van der Waals surface area contributed by atoms with E-state index in [4.69, 9.17) is 14.8 Å². The fraction of sp³-hybridized carbons (Fsp3) is 0.0769. The molecule has 0 aliphatic rings. The molecule has 2 N–H and O–H groups in total. The van der Waals surface area contributed by atoms with Crippen molar-refractivity contribution < 1.29 is 23.6 Å². The molecular weight excluding hydrogens is 253 g/mol. The van der Waals surface area contributed by atoms with Gasteiger partial charge in [0, 0.05) is 0 Å². The van der Waals surface area contributed by atoms with Gasteiger partial charge in [0.15, 0.2) is 11.6 Å². The van der Waals surface area contributed by atoms with Crippen molar-refractivity contribution in [2.24, 2.45) is 0 Å². The van der Waals surface area contributed by atoms with Crippen LogP contribution in [0.2, 0.25) is 0 Å². The van der Waals surface area contributed by atoms with Crippen molar-refractivity contribution in [2.45, 2.75) is 6.61 Å². The van der Waals surface area contributed by atoms with Gasteiger partial charge in [-0.05, 0) is 23.2 Å². The van der Waals surface area contributed by atoms with Gasteiger partial charge in [0.1, 0.15) is 6.61 Å². The van der Waals surface area contributed by atoms with E-state index in [0.29, 0.717) is 5.56 Å². The maximum atomic E-state index is 13.4. The third-order valence-electron chi connectivity index (χ3n) is 2.63. The Morgan fingerprint density at radius 1 is 1.00 bits per heavy atom. The molecule has 0 unspecified atom stereocenters. The Hall–Kier alpha value is -1.92. The van der Waals surface area contributed by atoms with Crippen molar-refractivity contribution in [2.75, 3.05) is 0 Å². The monoisotopic (exact) mass is 264 g/mol. The van der Waals surface area contributed by atoms with E-state index < -0.39 is 18.8 Å². The van der Waals surface area contributed by atoms with Crippen LogP contribution in [0.15, 0.2) is 42.5 Å². The van der Waals surface area contributed by atoms with Crippen LogP contribution in [0.25, 0.3) is 0 Å². The summed E-state index contributed by atoms with van der Waals surface area (Å²) in [5.41, 5.74) is 0.750. The molecule has 6 heteroatoms. The van der Waals surface area contributed by atoms with E-state index in [9.17, 15) is 8.78 Å². The summed E-state index contributed by atoms with van der Waals surface area (Å²) in [5, 5.41) is 18.3. The van der Waals surface area contributed by atoms with E-state index in [2.05, 4.69) is 0 Å². The average Bonchev–Trinajstić information content (AvgIpc) is 2.40. The molecule has 0 radical (unpaired) electrons. The van der Waals surface area contributed by atoms with Crippen molar-refractivity contribution in [1.82, 2.24) is 0 Å². The van der Waals surface area contributed by atoms with E-state index >= 15 is 0 Å². The Kier molecular flexibility index (Phi) is 4.14. The Labute approximate surface area is 109 Å². The summed E-state index contributed by atoms with van der Waals surface area (Å²) in [5.74, 6) is -2.28. The highest BCUT2D eigenvalue weighted by molar-refractivity contribution is 6.59. The number of hydrogen-bond donors (Lipinski definition) is 2.